The summed E-state index contributed by atoms with van der Waals surface area (Å²) >= 11 is 0. The Morgan fingerprint density at radius 1 is 1.39 bits per heavy atom. The molecule has 2 rings (SSSR count). The molecule has 0 unspecified atom stereocenters. The number of aromatic nitrogens is 1. The SMILES string of the molecule is CCc1onc(C)c1C(=O)Nc1ccc(F)cc1. The fraction of sp³-hybridized carbons (Fsp3) is 0.231. The second-order valence-electron chi connectivity index (χ2n) is 3.88. The van der Waals surface area contributed by atoms with Crippen molar-refractivity contribution in [1.82, 2.24) is 5.16 Å². The minimum atomic E-state index is -0.344. The smallest absolute Gasteiger partial charge is 0.261 e. The average Bonchev–Trinajstić information content (AvgIpc) is 2.73. The van der Waals surface area contributed by atoms with E-state index in [2.05, 4.69) is 10.5 Å². The van der Waals surface area contributed by atoms with Crippen LogP contribution in [0.3, 0.4) is 0 Å². The van der Waals surface area contributed by atoms with Crippen LogP contribution in [0.2, 0.25) is 0 Å². The summed E-state index contributed by atoms with van der Waals surface area (Å²) in [7, 11) is 0. The number of carbonyl (C=O) groups is 1. The Morgan fingerprint density at radius 3 is 2.67 bits per heavy atom. The van der Waals surface area contributed by atoms with Gasteiger partial charge in [0.05, 0.1) is 5.69 Å². The summed E-state index contributed by atoms with van der Waals surface area (Å²) < 4.78 is 17.8. The summed E-state index contributed by atoms with van der Waals surface area (Å²) in [5.41, 5.74) is 1.53. The second-order valence-corrected chi connectivity index (χ2v) is 3.88. The van der Waals surface area contributed by atoms with Gasteiger partial charge in [-0.15, -0.1) is 0 Å². The van der Waals surface area contributed by atoms with Crippen molar-refractivity contribution in [3.8, 4) is 0 Å². The number of hydrogen-bond donors (Lipinski definition) is 1. The van der Waals surface area contributed by atoms with E-state index in [1.807, 2.05) is 6.92 Å². The molecule has 0 radical (unpaired) electrons. The molecule has 0 aliphatic heterocycles. The molecule has 0 aliphatic carbocycles. The molecule has 1 aromatic carbocycles. The molecular weight excluding hydrogens is 235 g/mol. The zero-order chi connectivity index (χ0) is 13.1. The second kappa shape index (κ2) is 5.00. The lowest BCUT2D eigenvalue weighted by molar-refractivity contribution is 0.102. The van der Waals surface area contributed by atoms with E-state index in [9.17, 15) is 9.18 Å². The topological polar surface area (TPSA) is 55.1 Å². The summed E-state index contributed by atoms with van der Waals surface area (Å²) in [4.78, 5) is 12.1. The van der Waals surface area contributed by atoms with Crippen molar-refractivity contribution in [1.29, 1.82) is 0 Å². The summed E-state index contributed by atoms with van der Waals surface area (Å²) in [6.45, 7) is 3.59. The molecule has 0 atom stereocenters. The molecule has 0 aliphatic rings. The van der Waals surface area contributed by atoms with Crippen molar-refractivity contribution in [3.63, 3.8) is 0 Å². The first kappa shape index (κ1) is 12.3. The summed E-state index contributed by atoms with van der Waals surface area (Å²) in [5, 5.41) is 6.45. The van der Waals surface area contributed by atoms with Crippen molar-refractivity contribution in [2.24, 2.45) is 0 Å². The van der Waals surface area contributed by atoms with Gasteiger partial charge in [-0.25, -0.2) is 4.39 Å². The van der Waals surface area contributed by atoms with E-state index in [0.29, 0.717) is 29.1 Å². The molecule has 18 heavy (non-hydrogen) atoms. The van der Waals surface area contributed by atoms with E-state index in [4.69, 9.17) is 4.52 Å². The Morgan fingerprint density at radius 2 is 2.06 bits per heavy atom. The zero-order valence-electron chi connectivity index (χ0n) is 10.2. The van der Waals surface area contributed by atoms with E-state index in [0.717, 1.165) is 0 Å². The first-order chi connectivity index (χ1) is 8.61. The van der Waals surface area contributed by atoms with Crippen LogP contribution < -0.4 is 5.32 Å². The molecule has 5 heteroatoms. The Hall–Kier alpha value is -2.17. The van der Waals surface area contributed by atoms with Gasteiger partial charge < -0.3 is 9.84 Å². The minimum absolute atomic E-state index is 0.294. The van der Waals surface area contributed by atoms with E-state index in [-0.39, 0.29) is 11.7 Å². The van der Waals surface area contributed by atoms with Crippen molar-refractivity contribution in [2.75, 3.05) is 5.32 Å². The van der Waals surface area contributed by atoms with E-state index >= 15 is 0 Å². The number of carbonyl (C=O) groups excluding carboxylic acids is 1. The van der Waals surface area contributed by atoms with Gasteiger partial charge in [0.25, 0.3) is 5.91 Å². The molecule has 1 amide bonds. The predicted molar refractivity (Wildman–Crippen MR) is 65.0 cm³/mol. The number of anilines is 1. The highest BCUT2D eigenvalue weighted by atomic mass is 19.1. The van der Waals surface area contributed by atoms with Crippen LogP contribution in [0.15, 0.2) is 28.8 Å². The Kier molecular flexibility index (Phi) is 3.41. The van der Waals surface area contributed by atoms with Crippen LogP contribution in [0, 0.1) is 12.7 Å². The molecule has 0 spiro atoms. The lowest BCUT2D eigenvalue weighted by atomic mass is 10.1. The molecule has 0 saturated carbocycles. The molecular formula is C13H13FN2O2. The van der Waals surface area contributed by atoms with Crippen LogP contribution in [-0.4, -0.2) is 11.1 Å². The molecule has 0 fully saturated rings. The van der Waals surface area contributed by atoms with Crippen LogP contribution in [0.5, 0.6) is 0 Å². The van der Waals surface area contributed by atoms with Crippen molar-refractivity contribution in [2.45, 2.75) is 20.3 Å². The van der Waals surface area contributed by atoms with Crippen molar-refractivity contribution in [3.05, 3.63) is 47.1 Å². The number of benzene rings is 1. The number of hydrogen-bond acceptors (Lipinski definition) is 3. The molecule has 1 heterocycles. The maximum atomic E-state index is 12.7. The standard InChI is InChI=1S/C13H13FN2O2/c1-3-11-12(8(2)16-18-11)13(17)15-10-6-4-9(14)5-7-10/h4-7H,3H2,1-2H3,(H,15,17). The van der Waals surface area contributed by atoms with Crippen LogP contribution in [-0.2, 0) is 6.42 Å². The van der Waals surface area contributed by atoms with E-state index < -0.39 is 0 Å². The van der Waals surface area contributed by atoms with Crippen LogP contribution >= 0.6 is 0 Å². The molecule has 1 aromatic heterocycles. The van der Waals surface area contributed by atoms with Gasteiger partial charge in [0.2, 0.25) is 0 Å². The number of nitrogens with one attached hydrogen (secondary N) is 1. The van der Waals surface area contributed by atoms with Gasteiger partial charge in [-0.3, -0.25) is 4.79 Å². The van der Waals surface area contributed by atoms with E-state index in [1.165, 1.54) is 24.3 Å². The molecule has 0 saturated heterocycles. The highest BCUT2D eigenvalue weighted by Crippen LogP contribution is 2.17. The largest absolute Gasteiger partial charge is 0.360 e. The molecule has 1 N–H and O–H groups in total. The highest BCUT2D eigenvalue weighted by molar-refractivity contribution is 6.05. The monoisotopic (exact) mass is 248 g/mol. The van der Waals surface area contributed by atoms with Gasteiger partial charge in [0.15, 0.2) is 0 Å². The van der Waals surface area contributed by atoms with Crippen LogP contribution in [0.1, 0.15) is 28.7 Å². The molecule has 94 valence electrons. The Labute approximate surface area is 104 Å². The summed E-state index contributed by atoms with van der Waals surface area (Å²) in [5.74, 6) is -0.0901. The Bertz CT molecular complexity index is 561. The lowest BCUT2D eigenvalue weighted by Gasteiger charge is -2.04. The first-order valence-electron chi connectivity index (χ1n) is 5.64. The van der Waals surface area contributed by atoms with Crippen molar-refractivity contribution >= 4 is 11.6 Å². The maximum Gasteiger partial charge on any atom is 0.261 e. The van der Waals surface area contributed by atoms with Gasteiger partial charge in [-0.1, -0.05) is 12.1 Å². The lowest BCUT2D eigenvalue weighted by Crippen LogP contribution is -2.14. The quantitative estimate of drug-likeness (QED) is 0.908. The Balaban J connectivity index is 2.21. The average molecular weight is 248 g/mol. The summed E-state index contributed by atoms with van der Waals surface area (Å²) in [6.07, 6.45) is 0.590. The van der Waals surface area contributed by atoms with Gasteiger partial charge >= 0.3 is 0 Å². The molecule has 0 bridgehead atoms. The maximum absolute atomic E-state index is 12.7. The fourth-order valence-corrected chi connectivity index (χ4v) is 1.68. The number of amides is 1. The third-order valence-electron chi connectivity index (χ3n) is 2.58. The number of rotatable bonds is 3. The predicted octanol–water partition coefficient (Wildman–Crippen LogP) is 2.94. The third-order valence-corrected chi connectivity index (χ3v) is 2.58. The highest BCUT2D eigenvalue weighted by Gasteiger charge is 2.19. The van der Waals surface area contributed by atoms with Gasteiger partial charge in [-0.2, -0.15) is 0 Å². The third kappa shape index (κ3) is 2.40. The number of nitrogens with zero attached hydrogens (tertiary/aromatic N) is 1. The van der Waals surface area contributed by atoms with Crippen molar-refractivity contribution < 1.29 is 13.7 Å². The van der Waals surface area contributed by atoms with Gasteiger partial charge in [0.1, 0.15) is 17.1 Å². The number of aryl methyl sites for hydroxylation is 2. The molecule has 4 nitrogen and oxygen atoms in total. The molecule has 2 aromatic rings. The normalized spacial score (nSPS) is 10.4. The fourth-order valence-electron chi connectivity index (χ4n) is 1.68. The van der Waals surface area contributed by atoms with Crippen LogP contribution in [0.25, 0.3) is 0 Å². The number of halogens is 1. The van der Waals surface area contributed by atoms with Crippen LogP contribution in [0.4, 0.5) is 10.1 Å². The minimum Gasteiger partial charge on any atom is -0.360 e. The first-order valence-corrected chi connectivity index (χ1v) is 5.64. The van der Waals surface area contributed by atoms with E-state index in [1.54, 1.807) is 6.92 Å². The zero-order valence-corrected chi connectivity index (χ0v) is 10.2. The summed E-state index contributed by atoms with van der Waals surface area (Å²) in [6, 6.07) is 5.58. The van der Waals surface area contributed by atoms with Gasteiger partial charge in [0, 0.05) is 12.1 Å². The van der Waals surface area contributed by atoms with Gasteiger partial charge in [-0.05, 0) is 31.2 Å².